The van der Waals surface area contributed by atoms with E-state index in [4.69, 9.17) is 9.84 Å². The minimum Gasteiger partial charge on any atom is -0.507 e. The molecule has 0 spiro atoms. The van der Waals surface area contributed by atoms with Gasteiger partial charge in [0.05, 0.1) is 7.11 Å². The zero-order chi connectivity index (χ0) is 14.9. The molecule has 5 nitrogen and oxygen atoms in total. The van der Waals surface area contributed by atoms with Crippen LogP contribution >= 0.6 is 0 Å². The Bertz CT molecular complexity index is 720. The van der Waals surface area contributed by atoms with Crippen LogP contribution in [0.1, 0.15) is 28.5 Å². The summed E-state index contributed by atoms with van der Waals surface area (Å²) >= 11 is 0. The second kappa shape index (κ2) is 5.21. The lowest BCUT2D eigenvalue weighted by Crippen LogP contribution is -2.05. The highest BCUT2D eigenvalue weighted by molar-refractivity contribution is 5.98. The maximum Gasteiger partial charge on any atom is 0.354 e. The van der Waals surface area contributed by atoms with Gasteiger partial charge in [-0.2, -0.15) is 0 Å². The van der Waals surface area contributed by atoms with Crippen molar-refractivity contribution in [1.29, 1.82) is 0 Å². The van der Waals surface area contributed by atoms with E-state index in [0.717, 1.165) is 5.56 Å². The highest BCUT2D eigenvalue weighted by Gasteiger charge is 2.18. The Kier molecular flexibility index (Phi) is 3.61. The number of aromatic carboxylic acids is 1. The number of fused-ring (bicyclic) bond motifs is 1. The summed E-state index contributed by atoms with van der Waals surface area (Å²) in [4.78, 5) is 15.3. The van der Waals surface area contributed by atoms with E-state index in [1.54, 1.807) is 12.1 Å². The van der Waals surface area contributed by atoms with E-state index in [-0.39, 0.29) is 17.0 Å². The van der Waals surface area contributed by atoms with Crippen LogP contribution in [0.25, 0.3) is 17.0 Å². The maximum atomic E-state index is 11.2. The van der Waals surface area contributed by atoms with Gasteiger partial charge >= 0.3 is 5.97 Å². The fourth-order valence-electron chi connectivity index (χ4n) is 2.09. The third-order valence-corrected chi connectivity index (χ3v) is 3.07. The van der Waals surface area contributed by atoms with E-state index in [0.29, 0.717) is 16.7 Å². The standard InChI is InChI=1S/C15H15NO4/c1-4-5-9-6-10-13(11(7-9)20-3)16-12(15(18)19)8(2)14(10)17/h4-7H,1-3H3,(H,16,17)(H,18,19). The Hall–Kier alpha value is -2.56. The van der Waals surface area contributed by atoms with Crippen LogP contribution in [-0.4, -0.2) is 28.3 Å². The first-order valence-electron chi connectivity index (χ1n) is 6.06. The van der Waals surface area contributed by atoms with Crippen molar-refractivity contribution in [3.63, 3.8) is 0 Å². The summed E-state index contributed by atoms with van der Waals surface area (Å²) in [7, 11) is 1.48. The average molecular weight is 273 g/mol. The number of aromatic nitrogens is 1. The van der Waals surface area contributed by atoms with E-state index >= 15 is 0 Å². The van der Waals surface area contributed by atoms with Gasteiger partial charge in [0.2, 0.25) is 0 Å². The molecule has 0 radical (unpaired) electrons. The SMILES string of the molecule is CC=Cc1cc(OC)c2nc(C(=O)O)c(C)c(O)c2c1. The lowest BCUT2D eigenvalue weighted by molar-refractivity contribution is 0.0689. The summed E-state index contributed by atoms with van der Waals surface area (Å²) in [6.07, 6.45) is 3.73. The molecule has 0 saturated carbocycles. The van der Waals surface area contributed by atoms with Crippen molar-refractivity contribution in [2.24, 2.45) is 0 Å². The number of aromatic hydroxyl groups is 1. The molecule has 0 amide bonds. The number of rotatable bonds is 3. The van der Waals surface area contributed by atoms with E-state index < -0.39 is 5.97 Å². The Balaban J connectivity index is 2.90. The number of ether oxygens (including phenoxy) is 1. The van der Waals surface area contributed by atoms with Gasteiger partial charge < -0.3 is 14.9 Å². The third-order valence-electron chi connectivity index (χ3n) is 3.07. The number of carboxylic acid groups (broad SMARTS) is 1. The van der Waals surface area contributed by atoms with Crippen molar-refractivity contribution >= 4 is 22.9 Å². The minimum atomic E-state index is -1.18. The molecular weight excluding hydrogens is 258 g/mol. The zero-order valence-corrected chi connectivity index (χ0v) is 11.5. The lowest BCUT2D eigenvalue weighted by Gasteiger charge is -2.11. The molecular formula is C15H15NO4. The van der Waals surface area contributed by atoms with Crippen LogP contribution in [0.5, 0.6) is 11.5 Å². The van der Waals surface area contributed by atoms with Gasteiger partial charge in [-0.1, -0.05) is 12.2 Å². The fourth-order valence-corrected chi connectivity index (χ4v) is 2.09. The second-order valence-corrected chi connectivity index (χ2v) is 4.36. The van der Waals surface area contributed by atoms with Crippen molar-refractivity contribution in [3.05, 3.63) is 35.0 Å². The topological polar surface area (TPSA) is 79.7 Å². The molecule has 1 heterocycles. The molecule has 20 heavy (non-hydrogen) atoms. The van der Waals surface area contributed by atoms with Crippen LogP contribution < -0.4 is 4.74 Å². The van der Waals surface area contributed by atoms with Crippen LogP contribution in [0.4, 0.5) is 0 Å². The molecule has 0 atom stereocenters. The number of methoxy groups -OCH3 is 1. The van der Waals surface area contributed by atoms with Crippen molar-refractivity contribution in [3.8, 4) is 11.5 Å². The minimum absolute atomic E-state index is 0.0861. The number of allylic oxidation sites excluding steroid dienone is 1. The third kappa shape index (κ3) is 2.18. The van der Waals surface area contributed by atoms with E-state index in [1.165, 1.54) is 14.0 Å². The van der Waals surface area contributed by atoms with Crippen molar-refractivity contribution < 1.29 is 19.7 Å². The van der Waals surface area contributed by atoms with Crippen LogP contribution in [-0.2, 0) is 0 Å². The Morgan fingerprint density at radius 1 is 1.40 bits per heavy atom. The van der Waals surface area contributed by atoms with Gasteiger partial charge in [-0.25, -0.2) is 9.78 Å². The molecule has 0 aliphatic heterocycles. The molecule has 0 aliphatic carbocycles. The fraction of sp³-hybridized carbons (Fsp3) is 0.200. The van der Waals surface area contributed by atoms with Crippen LogP contribution in [0, 0.1) is 6.92 Å². The zero-order valence-electron chi connectivity index (χ0n) is 11.5. The second-order valence-electron chi connectivity index (χ2n) is 4.36. The van der Waals surface area contributed by atoms with Gasteiger partial charge in [-0.3, -0.25) is 0 Å². The molecule has 0 saturated heterocycles. The van der Waals surface area contributed by atoms with E-state index in [1.807, 2.05) is 19.1 Å². The van der Waals surface area contributed by atoms with Gasteiger partial charge in [0.1, 0.15) is 17.0 Å². The highest BCUT2D eigenvalue weighted by Crippen LogP contribution is 2.35. The Morgan fingerprint density at radius 3 is 2.65 bits per heavy atom. The first kappa shape index (κ1) is 13.9. The number of carboxylic acids is 1. The molecule has 1 aromatic carbocycles. The number of hydrogen-bond acceptors (Lipinski definition) is 4. The monoisotopic (exact) mass is 273 g/mol. The summed E-state index contributed by atoms with van der Waals surface area (Å²) < 4.78 is 5.24. The van der Waals surface area contributed by atoms with Crippen molar-refractivity contribution in [2.45, 2.75) is 13.8 Å². The molecule has 2 N–H and O–H groups in total. The first-order chi connectivity index (χ1) is 9.49. The summed E-state index contributed by atoms with van der Waals surface area (Å²) in [6, 6.07) is 3.49. The quantitative estimate of drug-likeness (QED) is 0.898. The molecule has 2 aromatic rings. The molecule has 2 rings (SSSR count). The van der Waals surface area contributed by atoms with E-state index in [2.05, 4.69) is 4.98 Å². The Labute approximate surface area is 116 Å². The maximum absolute atomic E-state index is 11.2. The largest absolute Gasteiger partial charge is 0.507 e. The smallest absolute Gasteiger partial charge is 0.354 e. The molecule has 0 unspecified atom stereocenters. The van der Waals surface area contributed by atoms with Crippen LogP contribution in [0.3, 0.4) is 0 Å². The number of pyridine rings is 1. The average Bonchev–Trinajstić information content (AvgIpc) is 2.42. The van der Waals surface area contributed by atoms with Crippen LogP contribution in [0.15, 0.2) is 18.2 Å². The molecule has 104 valence electrons. The number of nitrogens with zero attached hydrogens (tertiary/aromatic N) is 1. The van der Waals surface area contributed by atoms with Crippen LogP contribution in [0.2, 0.25) is 0 Å². The van der Waals surface area contributed by atoms with Gasteiger partial charge in [0, 0.05) is 10.9 Å². The summed E-state index contributed by atoms with van der Waals surface area (Å²) in [5, 5.41) is 19.8. The Morgan fingerprint density at radius 2 is 2.10 bits per heavy atom. The van der Waals surface area contributed by atoms with Gasteiger partial charge in [0.15, 0.2) is 5.69 Å². The molecule has 0 aliphatic rings. The predicted octanol–water partition coefficient (Wildman–Crippen LogP) is 2.99. The van der Waals surface area contributed by atoms with Gasteiger partial charge in [0.25, 0.3) is 0 Å². The summed E-state index contributed by atoms with van der Waals surface area (Å²) in [5.74, 6) is -0.843. The molecule has 1 aromatic heterocycles. The molecule has 0 fully saturated rings. The van der Waals surface area contributed by atoms with Gasteiger partial charge in [-0.05, 0) is 31.5 Å². The number of hydrogen-bond donors (Lipinski definition) is 2. The van der Waals surface area contributed by atoms with Crippen molar-refractivity contribution in [2.75, 3.05) is 7.11 Å². The first-order valence-corrected chi connectivity index (χ1v) is 6.06. The molecule has 0 bridgehead atoms. The molecule has 5 heteroatoms. The number of benzene rings is 1. The van der Waals surface area contributed by atoms with E-state index in [9.17, 15) is 9.90 Å². The van der Waals surface area contributed by atoms with Gasteiger partial charge in [-0.15, -0.1) is 0 Å². The van der Waals surface area contributed by atoms with Crippen molar-refractivity contribution in [1.82, 2.24) is 4.98 Å². The number of carbonyl (C=O) groups is 1. The highest BCUT2D eigenvalue weighted by atomic mass is 16.5. The summed E-state index contributed by atoms with van der Waals surface area (Å²) in [5.41, 5.74) is 1.24. The lowest BCUT2D eigenvalue weighted by atomic mass is 10.0. The summed E-state index contributed by atoms with van der Waals surface area (Å²) in [6.45, 7) is 3.41. The predicted molar refractivity (Wildman–Crippen MR) is 76.4 cm³/mol. The normalized spacial score (nSPS) is 11.2.